The van der Waals surface area contributed by atoms with Crippen molar-refractivity contribution in [1.29, 1.82) is 0 Å². The van der Waals surface area contributed by atoms with Gasteiger partial charge in [0, 0.05) is 0 Å². The average molecular weight is 447 g/mol. The van der Waals surface area contributed by atoms with Gasteiger partial charge in [-0.05, 0) is 53.7 Å². The molecule has 0 unspecified atom stereocenters. The molecule has 3 rings (SSSR count). The molecule has 10 heteroatoms. The van der Waals surface area contributed by atoms with E-state index in [1.165, 1.54) is 31.4 Å². The van der Waals surface area contributed by atoms with Crippen LogP contribution in [0.15, 0.2) is 42.0 Å². The molecule has 154 valence electrons. The van der Waals surface area contributed by atoms with Crippen LogP contribution in [0, 0.1) is 0 Å². The molecule has 0 aliphatic carbocycles. The van der Waals surface area contributed by atoms with E-state index in [4.69, 9.17) is 38.4 Å². The fourth-order valence-corrected chi connectivity index (χ4v) is 3.09. The molecule has 30 heavy (non-hydrogen) atoms. The first-order valence-electron chi connectivity index (χ1n) is 8.49. The summed E-state index contributed by atoms with van der Waals surface area (Å²) in [6.45, 7) is 0.124. The number of nitrogens with one attached hydrogen (secondary N) is 2. The second-order valence-corrected chi connectivity index (χ2v) is 6.94. The van der Waals surface area contributed by atoms with Gasteiger partial charge in [-0.2, -0.15) is 0 Å². The van der Waals surface area contributed by atoms with Gasteiger partial charge in [-0.1, -0.05) is 23.7 Å². The van der Waals surface area contributed by atoms with E-state index in [1.54, 1.807) is 18.2 Å². The van der Waals surface area contributed by atoms with E-state index in [0.29, 0.717) is 11.3 Å². The third-order valence-electron chi connectivity index (χ3n) is 4.09. The predicted octanol–water partition coefficient (Wildman–Crippen LogP) is 2.54. The van der Waals surface area contributed by atoms with Gasteiger partial charge in [-0.3, -0.25) is 20.2 Å². The SMILES string of the molecule is COc1cc(C=C2C(=O)NC(=S)NC2=O)cc(Cl)c1OCc1ccc(C(=O)O)cc1. The minimum atomic E-state index is -1.01. The molecule has 2 amide bonds. The van der Waals surface area contributed by atoms with Crippen LogP contribution >= 0.6 is 23.8 Å². The first-order chi connectivity index (χ1) is 14.3. The molecular weight excluding hydrogens is 432 g/mol. The van der Waals surface area contributed by atoms with Gasteiger partial charge in [-0.15, -0.1) is 0 Å². The van der Waals surface area contributed by atoms with Crippen LogP contribution in [-0.2, 0) is 16.2 Å². The molecule has 1 saturated heterocycles. The van der Waals surface area contributed by atoms with Crippen molar-refractivity contribution in [1.82, 2.24) is 10.6 Å². The Labute approximate surface area is 181 Å². The monoisotopic (exact) mass is 446 g/mol. The largest absolute Gasteiger partial charge is 0.493 e. The smallest absolute Gasteiger partial charge is 0.335 e. The molecule has 0 aromatic heterocycles. The number of thiocarbonyl (C=S) groups is 1. The summed E-state index contributed by atoms with van der Waals surface area (Å²) in [5, 5.41) is 13.8. The summed E-state index contributed by atoms with van der Waals surface area (Å²) in [6.07, 6.45) is 1.36. The second kappa shape index (κ2) is 8.93. The molecule has 1 aliphatic rings. The average Bonchev–Trinajstić information content (AvgIpc) is 2.69. The highest BCUT2D eigenvalue weighted by atomic mass is 35.5. The molecule has 1 fully saturated rings. The third kappa shape index (κ3) is 4.76. The molecule has 2 aromatic carbocycles. The number of amides is 2. The Balaban J connectivity index is 1.83. The maximum Gasteiger partial charge on any atom is 0.335 e. The van der Waals surface area contributed by atoms with E-state index >= 15 is 0 Å². The fraction of sp³-hybridized carbons (Fsp3) is 0.100. The van der Waals surface area contributed by atoms with Crippen LogP contribution in [0.5, 0.6) is 11.5 Å². The van der Waals surface area contributed by atoms with E-state index in [2.05, 4.69) is 10.6 Å². The van der Waals surface area contributed by atoms with Crippen molar-refractivity contribution < 1.29 is 29.0 Å². The van der Waals surface area contributed by atoms with Crippen LogP contribution < -0.4 is 20.1 Å². The van der Waals surface area contributed by atoms with Crippen LogP contribution in [0.25, 0.3) is 6.08 Å². The number of halogens is 1. The van der Waals surface area contributed by atoms with Gasteiger partial charge in [0.1, 0.15) is 12.2 Å². The van der Waals surface area contributed by atoms with E-state index in [-0.39, 0.29) is 33.6 Å². The Bertz CT molecular complexity index is 1060. The van der Waals surface area contributed by atoms with Crippen molar-refractivity contribution >= 4 is 52.8 Å². The summed E-state index contributed by atoms with van der Waals surface area (Å²) < 4.78 is 11.1. The molecule has 0 radical (unpaired) electrons. The first-order valence-corrected chi connectivity index (χ1v) is 9.28. The maximum atomic E-state index is 12.0. The summed E-state index contributed by atoms with van der Waals surface area (Å²) in [5.74, 6) is -1.70. The van der Waals surface area contributed by atoms with Crippen molar-refractivity contribution in [3.8, 4) is 11.5 Å². The van der Waals surface area contributed by atoms with Gasteiger partial charge >= 0.3 is 5.97 Å². The van der Waals surface area contributed by atoms with Crippen LogP contribution in [0.4, 0.5) is 0 Å². The number of benzene rings is 2. The van der Waals surface area contributed by atoms with Gasteiger partial charge in [0.2, 0.25) is 0 Å². The van der Waals surface area contributed by atoms with Gasteiger partial charge < -0.3 is 14.6 Å². The van der Waals surface area contributed by atoms with E-state index in [0.717, 1.165) is 5.56 Å². The van der Waals surface area contributed by atoms with Crippen LogP contribution in [0.3, 0.4) is 0 Å². The molecule has 1 aliphatic heterocycles. The fourth-order valence-electron chi connectivity index (χ4n) is 2.64. The Morgan fingerprint density at radius 2 is 1.80 bits per heavy atom. The summed E-state index contributed by atoms with van der Waals surface area (Å²) in [5.41, 5.74) is 1.22. The Kier molecular flexibility index (Phi) is 6.34. The molecule has 8 nitrogen and oxygen atoms in total. The second-order valence-electron chi connectivity index (χ2n) is 6.12. The number of carbonyl (C=O) groups excluding carboxylic acids is 2. The van der Waals surface area contributed by atoms with E-state index in [9.17, 15) is 14.4 Å². The number of aromatic carboxylic acids is 1. The Morgan fingerprint density at radius 3 is 2.37 bits per heavy atom. The van der Waals surface area contributed by atoms with Crippen molar-refractivity contribution in [2.24, 2.45) is 0 Å². The van der Waals surface area contributed by atoms with E-state index < -0.39 is 17.8 Å². The molecule has 1 heterocycles. The van der Waals surface area contributed by atoms with Crippen LogP contribution in [-0.4, -0.2) is 35.1 Å². The van der Waals surface area contributed by atoms with Crippen molar-refractivity contribution in [2.45, 2.75) is 6.61 Å². The first kappa shape index (κ1) is 21.3. The molecule has 0 atom stereocenters. The van der Waals surface area contributed by atoms with E-state index in [1.807, 2.05) is 0 Å². The molecular formula is C20H15ClN2O6S. The van der Waals surface area contributed by atoms with Crippen molar-refractivity contribution in [3.63, 3.8) is 0 Å². The molecule has 2 aromatic rings. The topological polar surface area (TPSA) is 114 Å². The molecule has 3 N–H and O–H groups in total. The number of methoxy groups -OCH3 is 1. The van der Waals surface area contributed by atoms with Gasteiger partial charge in [0.25, 0.3) is 11.8 Å². The minimum Gasteiger partial charge on any atom is -0.493 e. The number of hydrogen-bond donors (Lipinski definition) is 3. The lowest BCUT2D eigenvalue weighted by Gasteiger charge is -2.17. The van der Waals surface area contributed by atoms with Crippen LogP contribution in [0.2, 0.25) is 5.02 Å². The normalized spacial score (nSPS) is 13.4. The zero-order valence-electron chi connectivity index (χ0n) is 15.5. The number of carbonyl (C=O) groups is 3. The number of ether oxygens (including phenoxy) is 2. The lowest BCUT2D eigenvalue weighted by atomic mass is 10.1. The summed E-state index contributed by atoms with van der Waals surface area (Å²) >= 11 is 11.1. The van der Waals surface area contributed by atoms with Gasteiger partial charge in [-0.25, -0.2) is 4.79 Å². The highest BCUT2D eigenvalue weighted by Crippen LogP contribution is 2.37. The lowest BCUT2D eigenvalue weighted by molar-refractivity contribution is -0.123. The standard InChI is InChI=1S/C20H15ClN2O6S/c1-28-15-8-11(6-13-17(24)22-20(30)23-18(13)25)7-14(21)16(15)29-9-10-2-4-12(5-3-10)19(26)27/h2-8H,9H2,1H3,(H,26,27)(H2,22,23,24,25,30). The van der Waals surface area contributed by atoms with Crippen molar-refractivity contribution in [3.05, 3.63) is 63.7 Å². The number of rotatable bonds is 6. The number of hydrogen-bond acceptors (Lipinski definition) is 6. The minimum absolute atomic E-state index is 0.0575. The quantitative estimate of drug-likeness (QED) is 0.355. The maximum absolute atomic E-state index is 12.0. The Hall–Kier alpha value is -3.43. The highest BCUT2D eigenvalue weighted by Gasteiger charge is 2.26. The number of carboxylic acid groups (broad SMARTS) is 1. The summed E-state index contributed by atoms with van der Waals surface area (Å²) in [6, 6.07) is 9.30. The Morgan fingerprint density at radius 1 is 1.17 bits per heavy atom. The van der Waals surface area contributed by atoms with Crippen molar-refractivity contribution in [2.75, 3.05) is 7.11 Å². The molecule has 0 saturated carbocycles. The molecule has 0 bridgehead atoms. The lowest BCUT2D eigenvalue weighted by Crippen LogP contribution is -2.51. The zero-order chi connectivity index (χ0) is 21.8. The van der Waals surface area contributed by atoms with Crippen LogP contribution in [0.1, 0.15) is 21.5 Å². The van der Waals surface area contributed by atoms with Gasteiger partial charge in [0.15, 0.2) is 16.6 Å². The molecule has 0 spiro atoms. The summed E-state index contributed by atoms with van der Waals surface area (Å²) in [4.78, 5) is 34.9. The predicted molar refractivity (Wildman–Crippen MR) is 113 cm³/mol. The highest BCUT2D eigenvalue weighted by molar-refractivity contribution is 7.80. The zero-order valence-corrected chi connectivity index (χ0v) is 17.1. The summed E-state index contributed by atoms with van der Waals surface area (Å²) in [7, 11) is 1.43. The van der Waals surface area contributed by atoms with Gasteiger partial charge in [0.05, 0.1) is 17.7 Å². The third-order valence-corrected chi connectivity index (χ3v) is 4.58. The number of carboxylic acids is 1.